The Labute approximate surface area is 163 Å². The van der Waals surface area contributed by atoms with Gasteiger partial charge in [0.05, 0.1) is 6.54 Å². The Morgan fingerprint density at radius 3 is 2.59 bits per heavy atom. The Balaban J connectivity index is 1.44. The lowest BCUT2D eigenvalue weighted by Gasteiger charge is -2.36. The topological polar surface area (TPSA) is 78.6 Å². The molecule has 0 unspecified atom stereocenters. The summed E-state index contributed by atoms with van der Waals surface area (Å²) in [5.41, 5.74) is 0. The van der Waals surface area contributed by atoms with Gasteiger partial charge in [0.2, 0.25) is 5.89 Å². The van der Waals surface area contributed by atoms with Crippen molar-refractivity contribution in [2.75, 3.05) is 26.2 Å². The predicted octanol–water partition coefficient (Wildman–Crippen LogP) is 2.70. The van der Waals surface area contributed by atoms with E-state index < -0.39 is 0 Å². The summed E-state index contributed by atoms with van der Waals surface area (Å²) in [7, 11) is 0. The molecule has 1 aromatic heterocycles. The zero-order valence-electron chi connectivity index (χ0n) is 17.2. The fraction of sp³-hybridized carbons (Fsp3) is 0.850. The third kappa shape index (κ3) is 5.92. The minimum absolute atomic E-state index is 0.292. The first kappa shape index (κ1) is 20.1. The molecule has 0 radical (unpaired) electrons. The lowest BCUT2D eigenvalue weighted by atomic mass is 10.0. The molecule has 7 heteroatoms. The molecule has 1 saturated carbocycles. The van der Waals surface area contributed by atoms with Crippen LogP contribution in [0.25, 0.3) is 0 Å². The lowest BCUT2D eigenvalue weighted by molar-refractivity contribution is 0.150. The summed E-state index contributed by atoms with van der Waals surface area (Å²) >= 11 is 0. The van der Waals surface area contributed by atoms with E-state index in [1.54, 1.807) is 0 Å². The Morgan fingerprint density at radius 1 is 1.22 bits per heavy atom. The first-order valence-electron chi connectivity index (χ1n) is 10.8. The molecule has 1 saturated heterocycles. The highest BCUT2D eigenvalue weighted by Gasteiger charge is 2.27. The molecular formula is C20H36N6O. The van der Waals surface area contributed by atoms with E-state index >= 15 is 0 Å². The molecule has 3 rings (SSSR count). The van der Waals surface area contributed by atoms with Crippen molar-refractivity contribution in [3.05, 3.63) is 11.7 Å². The van der Waals surface area contributed by atoms with Crippen LogP contribution in [0.1, 0.15) is 76.9 Å². The summed E-state index contributed by atoms with van der Waals surface area (Å²) in [6, 6.07) is 1.36. The highest BCUT2D eigenvalue weighted by molar-refractivity contribution is 5.80. The number of guanidine groups is 1. The highest BCUT2D eigenvalue weighted by Crippen LogP contribution is 2.26. The molecule has 152 valence electrons. The number of nitrogens with zero attached hydrogens (tertiary/aromatic N) is 4. The molecule has 7 nitrogen and oxygen atoms in total. The summed E-state index contributed by atoms with van der Waals surface area (Å²) in [6.07, 6.45) is 8.70. The number of likely N-dealkylation sites (tertiary alicyclic amines) is 1. The van der Waals surface area contributed by atoms with Gasteiger partial charge in [-0.15, -0.1) is 0 Å². The van der Waals surface area contributed by atoms with Crippen LogP contribution in [-0.2, 0) is 6.42 Å². The lowest BCUT2D eigenvalue weighted by Crippen LogP contribution is -2.50. The van der Waals surface area contributed by atoms with Crippen molar-refractivity contribution >= 4 is 5.96 Å². The second kappa shape index (κ2) is 10.1. The maximum atomic E-state index is 5.30. The van der Waals surface area contributed by atoms with Crippen molar-refractivity contribution in [2.24, 2.45) is 4.99 Å². The quantitative estimate of drug-likeness (QED) is 0.563. The summed E-state index contributed by atoms with van der Waals surface area (Å²) < 4.78 is 5.30. The first-order valence-corrected chi connectivity index (χ1v) is 10.8. The van der Waals surface area contributed by atoms with Gasteiger partial charge in [0.25, 0.3) is 0 Å². The van der Waals surface area contributed by atoms with Gasteiger partial charge in [0, 0.05) is 44.1 Å². The average molecular weight is 377 g/mol. The molecule has 1 aliphatic heterocycles. The Morgan fingerprint density at radius 2 is 1.96 bits per heavy atom. The van der Waals surface area contributed by atoms with Gasteiger partial charge in [-0.1, -0.05) is 31.8 Å². The predicted molar refractivity (Wildman–Crippen MR) is 108 cm³/mol. The fourth-order valence-electron chi connectivity index (χ4n) is 4.06. The van der Waals surface area contributed by atoms with E-state index in [4.69, 9.17) is 9.52 Å². The Hall–Kier alpha value is -1.63. The number of aromatic nitrogens is 2. The van der Waals surface area contributed by atoms with Gasteiger partial charge >= 0.3 is 0 Å². The van der Waals surface area contributed by atoms with Crippen LogP contribution in [0.5, 0.6) is 0 Å². The second-order valence-corrected chi connectivity index (χ2v) is 8.10. The van der Waals surface area contributed by atoms with Gasteiger partial charge in [-0.3, -0.25) is 4.99 Å². The number of rotatable bonds is 7. The van der Waals surface area contributed by atoms with Crippen molar-refractivity contribution in [3.63, 3.8) is 0 Å². The normalized spacial score (nSPS) is 20.5. The van der Waals surface area contributed by atoms with E-state index in [0.29, 0.717) is 30.8 Å². The number of hydrogen-bond donors (Lipinski definition) is 2. The van der Waals surface area contributed by atoms with Crippen LogP contribution in [-0.4, -0.2) is 59.3 Å². The number of piperidine rings is 1. The SMILES string of the molecule is CCNC(=NCCc1nc(C(C)C)no1)NC1CCN(C2CCCC2)CC1. The molecule has 0 spiro atoms. The van der Waals surface area contributed by atoms with Gasteiger partial charge in [-0.25, -0.2) is 0 Å². The van der Waals surface area contributed by atoms with E-state index in [0.717, 1.165) is 24.4 Å². The number of aliphatic imine (C=N–C) groups is 1. The van der Waals surface area contributed by atoms with Gasteiger partial charge < -0.3 is 20.1 Å². The van der Waals surface area contributed by atoms with Crippen molar-refractivity contribution in [3.8, 4) is 0 Å². The minimum atomic E-state index is 0.292. The molecular weight excluding hydrogens is 340 g/mol. The molecule has 0 atom stereocenters. The molecule has 0 amide bonds. The highest BCUT2D eigenvalue weighted by atomic mass is 16.5. The number of nitrogens with one attached hydrogen (secondary N) is 2. The van der Waals surface area contributed by atoms with Crippen LogP contribution in [0.4, 0.5) is 0 Å². The monoisotopic (exact) mass is 376 g/mol. The maximum absolute atomic E-state index is 5.30. The molecule has 0 bridgehead atoms. The van der Waals surface area contributed by atoms with Crippen LogP contribution in [0.2, 0.25) is 0 Å². The Kier molecular flexibility index (Phi) is 7.50. The Bertz CT molecular complexity index is 585. The standard InChI is InChI=1S/C20H36N6O/c1-4-21-20(22-12-9-18-24-19(15(2)3)25-27-18)23-16-10-13-26(14-11-16)17-7-5-6-8-17/h15-17H,4-14H2,1-3H3,(H2,21,22,23). The van der Waals surface area contributed by atoms with Crippen LogP contribution < -0.4 is 10.6 Å². The minimum Gasteiger partial charge on any atom is -0.357 e. The zero-order valence-corrected chi connectivity index (χ0v) is 17.2. The van der Waals surface area contributed by atoms with Crippen LogP contribution >= 0.6 is 0 Å². The molecule has 2 fully saturated rings. The first-order chi connectivity index (χ1) is 13.2. The van der Waals surface area contributed by atoms with E-state index in [1.165, 1.54) is 51.6 Å². The van der Waals surface area contributed by atoms with Crippen molar-refractivity contribution in [1.29, 1.82) is 0 Å². The van der Waals surface area contributed by atoms with Gasteiger partial charge in [-0.2, -0.15) is 4.98 Å². The van der Waals surface area contributed by atoms with Gasteiger partial charge in [0.15, 0.2) is 11.8 Å². The second-order valence-electron chi connectivity index (χ2n) is 8.10. The molecule has 2 aliphatic rings. The summed E-state index contributed by atoms with van der Waals surface area (Å²) in [4.78, 5) is 11.8. The van der Waals surface area contributed by atoms with Crippen LogP contribution in [0.3, 0.4) is 0 Å². The molecule has 1 aromatic rings. The largest absolute Gasteiger partial charge is 0.357 e. The van der Waals surface area contributed by atoms with Gasteiger partial charge in [-0.05, 0) is 32.6 Å². The van der Waals surface area contributed by atoms with E-state index in [9.17, 15) is 0 Å². The number of hydrogen-bond acceptors (Lipinski definition) is 5. The molecule has 2 heterocycles. The van der Waals surface area contributed by atoms with Crippen LogP contribution in [0, 0.1) is 0 Å². The molecule has 27 heavy (non-hydrogen) atoms. The van der Waals surface area contributed by atoms with E-state index in [1.807, 2.05) is 0 Å². The maximum Gasteiger partial charge on any atom is 0.228 e. The van der Waals surface area contributed by atoms with Crippen molar-refractivity contribution < 1.29 is 4.52 Å². The van der Waals surface area contributed by atoms with Gasteiger partial charge in [0.1, 0.15) is 0 Å². The summed E-state index contributed by atoms with van der Waals surface area (Å²) in [6.45, 7) is 10.2. The molecule has 0 aromatic carbocycles. The summed E-state index contributed by atoms with van der Waals surface area (Å²) in [5.74, 6) is 2.64. The van der Waals surface area contributed by atoms with E-state index in [2.05, 4.69) is 46.4 Å². The summed E-state index contributed by atoms with van der Waals surface area (Å²) in [5, 5.41) is 11.0. The van der Waals surface area contributed by atoms with Crippen molar-refractivity contribution in [1.82, 2.24) is 25.7 Å². The average Bonchev–Trinajstić information content (AvgIpc) is 3.35. The molecule has 1 aliphatic carbocycles. The third-order valence-corrected chi connectivity index (χ3v) is 5.65. The fourth-order valence-corrected chi connectivity index (χ4v) is 4.06. The molecule has 2 N–H and O–H groups in total. The smallest absolute Gasteiger partial charge is 0.228 e. The van der Waals surface area contributed by atoms with Crippen LogP contribution in [0.15, 0.2) is 9.52 Å². The zero-order chi connectivity index (χ0) is 19.1. The van der Waals surface area contributed by atoms with Crippen molar-refractivity contribution in [2.45, 2.75) is 83.7 Å². The third-order valence-electron chi connectivity index (χ3n) is 5.65. The van der Waals surface area contributed by atoms with E-state index in [-0.39, 0.29) is 0 Å².